The van der Waals surface area contributed by atoms with Crippen LogP contribution in [0, 0.1) is 0 Å². The maximum Gasteiger partial charge on any atom is 0.0594 e. The van der Waals surface area contributed by atoms with E-state index in [0.717, 1.165) is 44.4 Å². The highest BCUT2D eigenvalue weighted by Crippen LogP contribution is 2.23. The van der Waals surface area contributed by atoms with Crippen LogP contribution in [0.15, 0.2) is 41.1 Å². The van der Waals surface area contributed by atoms with Crippen molar-refractivity contribution in [2.75, 3.05) is 32.8 Å². The second-order valence-corrected chi connectivity index (χ2v) is 6.69. The summed E-state index contributed by atoms with van der Waals surface area (Å²) in [6.45, 7) is 5.43. The van der Waals surface area contributed by atoms with E-state index in [-0.39, 0.29) is 0 Å². The molecule has 0 radical (unpaired) electrons. The van der Waals surface area contributed by atoms with E-state index in [1.165, 1.54) is 11.1 Å². The van der Waals surface area contributed by atoms with Gasteiger partial charge in [-0.2, -0.15) is 11.3 Å². The van der Waals surface area contributed by atoms with Crippen molar-refractivity contribution in [2.24, 2.45) is 0 Å². The van der Waals surface area contributed by atoms with Gasteiger partial charge in [0.2, 0.25) is 0 Å². The monoisotopic (exact) mass is 336 g/mol. The van der Waals surface area contributed by atoms with E-state index in [9.17, 15) is 0 Å². The minimum atomic E-state index is 0.361. The van der Waals surface area contributed by atoms with E-state index in [1.54, 1.807) is 11.3 Å². The molecule has 5 heteroatoms. The molecular weight excluding hydrogens is 316 g/mol. The van der Waals surface area contributed by atoms with Gasteiger partial charge < -0.3 is 10.1 Å². The Hall–Kier alpha value is -0.910. The number of rotatable bonds is 6. The quantitative estimate of drug-likeness (QED) is 0.872. The smallest absolute Gasteiger partial charge is 0.0594 e. The fourth-order valence-corrected chi connectivity index (χ4v) is 3.57. The lowest BCUT2D eigenvalue weighted by atomic mass is 10.0. The SMILES string of the molecule is Clc1ccc(C(CNCc2ccsc2)N2CCOCC2)cc1. The van der Waals surface area contributed by atoms with Crippen LogP contribution in [0.1, 0.15) is 17.2 Å². The first-order valence-corrected chi connectivity index (χ1v) is 8.94. The molecule has 1 N–H and O–H groups in total. The zero-order valence-electron chi connectivity index (χ0n) is 12.5. The molecule has 2 heterocycles. The van der Waals surface area contributed by atoms with E-state index < -0.39 is 0 Å². The van der Waals surface area contributed by atoms with E-state index >= 15 is 0 Å². The van der Waals surface area contributed by atoms with Gasteiger partial charge in [0.05, 0.1) is 13.2 Å². The molecule has 2 aromatic rings. The van der Waals surface area contributed by atoms with Crippen LogP contribution in [0.4, 0.5) is 0 Å². The zero-order chi connectivity index (χ0) is 15.2. The van der Waals surface area contributed by atoms with Gasteiger partial charge >= 0.3 is 0 Å². The molecule has 0 saturated carbocycles. The number of ether oxygens (including phenoxy) is 1. The predicted molar refractivity (Wildman–Crippen MR) is 92.6 cm³/mol. The number of halogens is 1. The average molecular weight is 337 g/mol. The molecule has 3 rings (SSSR count). The summed E-state index contributed by atoms with van der Waals surface area (Å²) in [6.07, 6.45) is 0. The Morgan fingerprint density at radius 2 is 1.95 bits per heavy atom. The lowest BCUT2D eigenvalue weighted by Crippen LogP contribution is -2.42. The van der Waals surface area contributed by atoms with Crippen molar-refractivity contribution in [3.63, 3.8) is 0 Å². The Morgan fingerprint density at radius 3 is 2.64 bits per heavy atom. The minimum Gasteiger partial charge on any atom is -0.379 e. The molecule has 118 valence electrons. The number of thiophene rings is 1. The fourth-order valence-electron chi connectivity index (χ4n) is 2.78. The molecule has 0 aliphatic carbocycles. The molecule has 0 bridgehead atoms. The van der Waals surface area contributed by atoms with E-state index in [4.69, 9.17) is 16.3 Å². The Bertz CT molecular complexity index is 553. The van der Waals surface area contributed by atoms with Crippen molar-refractivity contribution in [1.29, 1.82) is 0 Å². The average Bonchev–Trinajstić information content (AvgIpc) is 3.07. The van der Waals surface area contributed by atoms with Gasteiger partial charge in [0.25, 0.3) is 0 Å². The number of morpholine rings is 1. The highest BCUT2D eigenvalue weighted by Gasteiger charge is 2.22. The van der Waals surface area contributed by atoms with Crippen LogP contribution < -0.4 is 5.32 Å². The zero-order valence-corrected chi connectivity index (χ0v) is 14.1. The van der Waals surface area contributed by atoms with E-state index in [0.29, 0.717) is 6.04 Å². The molecule has 1 saturated heterocycles. The van der Waals surface area contributed by atoms with Gasteiger partial charge in [-0.25, -0.2) is 0 Å². The van der Waals surface area contributed by atoms with E-state index in [1.807, 2.05) is 12.1 Å². The largest absolute Gasteiger partial charge is 0.379 e. The second-order valence-electron chi connectivity index (χ2n) is 5.48. The molecule has 3 nitrogen and oxygen atoms in total. The van der Waals surface area contributed by atoms with Crippen molar-refractivity contribution in [3.05, 3.63) is 57.2 Å². The number of nitrogens with zero attached hydrogens (tertiary/aromatic N) is 1. The molecule has 0 amide bonds. The molecular formula is C17H21ClN2OS. The number of hydrogen-bond donors (Lipinski definition) is 1. The molecule has 1 aromatic carbocycles. The predicted octanol–water partition coefficient (Wildman–Crippen LogP) is 3.56. The van der Waals surface area contributed by atoms with E-state index in [2.05, 4.69) is 39.2 Å². The standard InChI is InChI=1S/C17H21ClN2OS/c18-16-3-1-15(2-4-16)17(20-6-8-21-9-7-20)12-19-11-14-5-10-22-13-14/h1-5,10,13,17,19H,6-9,11-12H2. The van der Waals surface area contributed by atoms with Gasteiger partial charge in [-0.3, -0.25) is 4.90 Å². The van der Waals surface area contributed by atoms with Crippen LogP contribution in [-0.2, 0) is 11.3 Å². The number of nitrogens with one attached hydrogen (secondary N) is 1. The van der Waals surface area contributed by atoms with Crippen LogP contribution in [0.5, 0.6) is 0 Å². The molecule has 1 atom stereocenters. The molecule has 1 unspecified atom stereocenters. The summed E-state index contributed by atoms with van der Waals surface area (Å²) in [5.74, 6) is 0. The van der Waals surface area contributed by atoms with Crippen LogP contribution in [-0.4, -0.2) is 37.7 Å². The van der Waals surface area contributed by atoms with Gasteiger partial charge in [-0.1, -0.05) is 23.7 Å². The van der Waals surface area contributed by atoms with Gasteiger partial charge in [-0.05, 0) is 40.1 Å². The van der Waals surface area contributed by atoms with Gasteiger partial charge in [-0.15, -0.1) is 0 Å². The van der Waals surface area contributed by atoms with Gasteiger partial charge in [0.1, 0.15) is 0 Å². The molecule has 22 heavy (non-hydrogen) atoms. The maximum absolute atomic E-state index is 6.03. The summed E-state index contributed by atoms with van der Waals surface area (Å²) in [7, 11) is 0. The third kappa shape index (κ3) is 4.31. The summed E-state index contributed by atoms with van der Waals surface area (Å²) in [6, 6.07) is 10.7. The first-order chi connectivity index (χ1) is 10.8. The van der Waals surface area contributed by atoms with Gasteiger partial charge in [0, 0.05) is 37.2 Å². The van der Waals surface area contributed by atoms with Crippen LogP contribution in [0.3, 0.4) is 0 Å². The summed E-state index contributed by atoms with van der Waals surface area (Å²) in [5.41, 5.74) is 2.66. The highest BCUT2D eigenvalue weighted by molar-refractivity contribution is 7.07. The Kier molecular flexibility index (Phi) is 5.87. The topological polar surface area (TPSA) is 24.5 Å². The summed E-state index contributed by atoms with van der Waals surface area (Å²) >= 11 is 7.77. The second kappa shape index (κ2) is 8.09. The third-order valence-corrected chi connectivity index (χ3v) is 4.97. The van der Waals surface area contributed by atoms with Crippen LogP contribution in [0.25, 0.3) is 0 Å². The van der Waals surface area contributed by atoms with Crippen LogP contribution >= 0.6 is 22.9 Å². The third-order valence-electron chi connectivity index (χ3n) is 3.99. The lowest BCUT2D eigenvalue weighted by molar-refractivity contribution is 0.0161. The van der Waals surface area contributed by atoms with Crippen molar-refractivity contribution in [3.8, 4) is 0 Å². The Labute approximate surface area is 140 Å². The molecule has 0 spiro atoms. The molecule has 1 aromatic heterocycles. The first-order valence-electron chi connectivity index (χ1n) is 7.62. The molecule has 1 aliphatic heterocycles. The number of hydrogen-bond acceptors (Lipinski definition) is 4. The maximum atomic E-state index is 6.03. The number of benzene rings is 1. The van der Waals surface area contributed by atoms with Crippen molar-refractivity contribution >= 4 is 22.9 Å². The van der Waals surface area contributed by atoms with Crippen LogP contribution in [0.2, 0.25) is 5.02 Å². The summed E-state index contributed by atoms with van der Waals surface area (Å²) in [4.78, 5) is 2.49. The Balaban J connectivity index is 1.66. The molecule has 1 aliphatic rings. The molecule has 1 fully saturated rings. The fraction of sp³-hybridized carbons (Fsp3) is 0.412. The Morgan fingerprint density at radius 1 is 1.18 bits per heavy atom. The van der Waals surface area contributed by atoms with Gasteiger partial charge in [0.15, 0.2) is 0 Å². The summed E-state index contributed by atoms with van der Waals surface area (Å²) in [5, 5.41) is 8.69. The minimum absolute atomic E-state index is 0.361. The van der Waals surface area contributed by atoms with Crippen molar-refractivity contribution in [1.82, 2.24) is 10.2 Å². The lowest BCUT2D eigenvalue weighted by Gasteiger charge is -2.35. The van der Waals surface area contributed by atoms with Crippen molar-refractivity contribution in [2.45, 2.75) is 12.6 Å². The summed E-state index contributed by atoms with van der Waals surface area (Å²) < 4.78 is 5.49. The van der Waals surface area contributed by atoms with Crippen molar-refractivity contribution < 1.29 is 4.74 Å². The highest BCUT2D eigenvalue weighted by atomic mass is 35.5. The normalized spacial score (nSPS) is 17.5. The first kappa shape index (κ1) is 16.0.